The lowest BCUT2D eigenvalue weighted by atomic mass is 10.1. The fraction of sp³-hybridized carbons (Fsp3) is 0.652. The summed E-state index contributed by atoms with van der Waals surface area (Å²) in [5.41, 5.74) is 0.836. The van der Waals surface area contributed by atoms with Gasteiger partial charge in [0.1, 0.15) is 6.54 Å². The highest BCUT2D eigenvalue weighted by molar-refractivity contribution is 7.92. The number of hydrogen-bond donors (Lipinski definition) is 1. The molecule has 3 rings (SSSR count). The predicted octanol–water partition coefficient (Wildman–Crippen LogP) is 1.31. The van der Waals surface area contributed by atoms with E-state index in [2.05, 4.69) is 10.2 Å². The average molecular weight is 481 g/mol. The zero-order valence-corrected chi connectivity index (χ0v) is 20.3. The maximum atomic E-state index is 12.6. The van der Waals surface area contributed by atoms with E-state index < -0.39 is 10.0 Å². The Balaban J connectivity index is 1.52. The first kappa shape index (κ1) is 25.5. The van der Waals surface area contributed by atoms with Gasteiger partial charge in [0, 0.05) is 25.2 Å². The molecule has 0 saturated carbocycles. The highest BCUT2D eigenvalue weighted by atomic mass is 32.2. The number of carbonyl (C=O) groups is 2. The van der Waals surface area contributed by atoms with E-state index >= 15 is 0 Å². The molecule has 0 unspecified atom stereocenters. The van der Waals surface area contributed by atoms with Crippen LogP contribution in [0.4, 0.5) is 5.69 Å². The van der Waals surface area contributed by atoms with Crippen molar-refractivity contribution in [1.29, 1.82) is 0 Å². The fourth-order valence-corrected chi connectivity index (χ4v) is 5.05. The number of carbonyl (C=O) groups excluding carboxylic acids is 2. The monoisotopic (exact) mass is 480 g/mol. The van der Waals surface area contributed by atoms with Crippen molar-refractivity contribution in [2.75, 3.05) is 69.6 Å². The van der Waals surface area contributed by atoms with Crippen LogP contribution in [0.25, 0.3) is 0 Å². The Morgan fingerprint density at radius 2 is 1.64 bits per heavy atom. The van der Waals surface area contributed by atoms with Crippen molar-refractivity contribution in [2.24, 2.45) is 0 Å². The van der Waals surface area contributed by atoms with Crippen molar-refractivity contribution in [3.63, 3.8) is 0 Å². The summed E-state index contributed by atoms with van der Waals surface area (Å²) < 4.78 is 31.0. The minimum atomic E-state index is -3.67. The summed E-state index contributed by atoms with van der Waals surface area (Å²) in [6.07, 6.45) is 6.95. The molecule has 0 aliphatic carbocycles. The molecule has 2 heterocycles. The Bertz CT molecular complexity index is 877. The molecule has 2 saturated heterocycles. The Labute approximate surface area is 197 Å². The molecule has 0 bridgehead atoms. The van der Waals surface area contributed by atoms with E-state index in [4.69, 9.17) is 4.74 Å². The van der Waals surface area contributed by atoms with Gasteiger partial charge in [0.05, 0.1) is 25.2 Å². The first-order valence-electron chi connectivity index (χ1n) is 11.8. The minimum absolute atomic E-state index is 0.113. The predicted molar refractivity (Wildman–Crippen MR) is 128 cm³/mol. The molecule has 10 heteroatoms. The number of sulfonamides is 1. The van der Waals surface area contributed by atoms with Gasteiger partial charge >= 0.3 is 0 Å². The van der Waals surface area contributed by atoms with Crippen LogP contribution < -0.4 is 9.62 Å². The summed E-state index contributed by atoms with van der Waals surface area (Å²) in [5, 5.41) is 2.84. The molecule has 2 amide bonds. The van der Waals surface area contributed by atoms with Crippen LogP contribution in [0.1, 0.15) is 42.5 Å². The molecule has 33 heavy (non-hydrogen) atoms. The molecule has 1 aromatic carbocycles. The molecule has 1 N–H and O–H groups in total. The van der Waals surface area contributed by atoms with Crippen LogP contribution in [0.15, 0.2) is 24.3 Å². The molecule has 2 fully saturated rings. The zero-order chi connectivity index (χ0) is 23.7. The van der Waals surface area contributed by atoms with Gasteiger partial charge < -0.3 is 19.9 Å². The van der Waals surface area contributed by atoms with Crippen molar-refractivity contribution >= 4 is 27.5 Å². The second-order valence-corrected chi connectivity index (χ2v) is 10.6. The number of nitrogens with zero attached hydrogens (tertiary/aromatic N) is 3. The maximum absolute atomic E-state index is 12.6. The van der Waals surface area contributed by atoms with Gasteiger partial charge in [-0.1, -0.05) is 12.8 Å². The lowest BCUT2D eigenvalue weighted by Crippen LogP contribution is -2.41. The number of nitrogens with one attached hydrogen (secondary N) is 1. The van der Waals surface area contributed by atoms with E-state index in [1.165, 1.54) is 25.7 Å². The van der Waals surface area contributed by atoms with Gasteiger partial charge in [0.25, 0.3) is 5.91 Å². The van der Waals surface area contributed by atoms with Crippen LogP contribution in [0.5, 0.6) is 0 Å². The Kier molecular flexibility index (Phi) is 9.52. The fourth-order valence-electron chi connectivity index (χ4n) is 4.20. The van der Waals surface area contributed by atoms with E-state index in [1.807, 2.05) is 0 Å². The third kappa shape index (κ3) is 7.97. The number of ether oxygens (including phenoxy) is 1. The number of amides is 2. The van der Waals surface area contributed by atoms with Crippen LogP contribution in [0.2, 0.25) is 0 Å². The number of anilines is 1. The number of benzene rings is 1. The van der Waals surface area contributed by atoms with E-state index in [0.717, 1.165) is 36.6 Å². The Hall–Kier alpha value is -2.17. The zero-order valence-electron chi connectivity index (χ0n) is 19.5. The molecule has 1 aromatic rings. The molecule has 2 aliphatic heterocycles. The summed E-state index contributed by atoms with van der Waals surface area (Å²) in [7, 11) is -3.67. The molecule has 0 atom stereocenters. The first-order chi connectivity index (χ1) is 15.8. The average Bonchev–Trinajstić information content (AvgIpc) is 3.09. The highest BCUT2D eigenvalue weighted by Gasteiger charge is 2.23. The van der Waals surface area contributed by atoms with Crippen LogP contribution in [-0.2, 0) is 19.6 Å². The quantitative estimate of drug-likeness (QED) is 0.535. The second kappa shape index (κ2) is 12.3. The Morgan fingerprint density at radius 1 is 1.00 bits per heavy atom. The van der Waals surface area contributed by atoms with Gasteiger partial charge in [-0.2, -0.15) is 0 Å². The molecular formula is C23H36N4O5S. The third-order valence-corrected chi connectivity index (χ3v) is 7.20. The van der Waals surface area contributed by atoms with E-state index in [0.29, 0.717) is 44.1 Å². The minimum Gasteiger partial charge on any atom is -0.378 e. The lowest BCUT2D eigenvalue weighted by molar-refractivity contribution is -0.119. The Morgan fingerprint density at radius 3 is 2.24 bits per heavy atom. The number of morpholine rings is 1. The molecule has 0 radical (unpaired) electrons. The van der Waals surface area contributed by atoms with E-state index in [9.17, 15) is 18.0 Å². The van der Waals surface area contributed by atoms with Crippen molar-refractivity contribution in [3.05, 3.63) is 29.8 Å². The standard InChI is InChI=1S/C23H36N4O5S/c1-33(30,31)27(19-22(28)24-11-6-14-25-12-4-2-3-5-13-25)21-9-7-20(8-10-21)23(29)26-15-17-32-18-16-26/h7-10H,2-6,11-19H2,1H3,(H,24,28). The normalized spacial score (nSPS) is 17.9. The first-order valence-corrected chi connectivity index (χ1v) is 13.6. The van der Waals surface area contributed by atoms with Crippen molar-refractivity contribution in [3.8, 4) is 0 Å². The highest BCUT2D eigenvalue weighted by Crippen LogP contribution is 2.19. The van der Waals surface area contributed by atoms with Gasteiger partial charge in [0.2, 0.25) is 15.9 Å². The number of likely N-dealkylation sites (tertiary alicyclic amines) is 1. The summed E-state index contributed by atoms with van der Waals surface area (Å²) in [4.78, 5) is 29.2. The number of hydrogen-bond acceptors (Lipinski definition) is 6. The third-order valence-electron chi connectivity index (χ3n) is 6.06. The molecular weight excluding hydrogens is 444 g/mol. The molecule has 184 valence electrons. The maximum Gasteiger partial charge on any atom is 0.254 e. The number of rotatable bonds is 9. The molecule has 0 aromatic heterocycles. The van der Waals surface area contributed by atoms with Crippen molar-refractivity contribution in [1.82, 2.24) is 15.1 Å². The van der Waals surface area contributed by atoms with Gasteiger partial charge in [-0.25, -0.2) is 8.42 Å². The van der Waals surface area contributed by atoms with Crippen molar-refractivity contribution in [2.45, 2.75) is 32.1 Å². The van der Waals surface area contributed by atoms with Gasteiger partial charge in [0.15, 0.2) is 0 Å². The second-order valence-electron chi connectivity index (χ2n) is 8.68. The largest absolute Gasteiger partial charge is 0.378 e. The lowest BCUT2D eigenvalue weighted by Gasteiger charge is -2.27. The van der Waals surface area contributed by atoms with Crippen LogP contribution in [-0.4, -0.2) is 95.3 Å². The van der Waals surface area contributed by atoms with E-state index in [-0.39, 0.29) is 18.4 Å². The van der Waals surface area contributed by atoms with Crippen molar-refractivity contribution < 1.29 is 22.7 Å². The molecule has 2 aliphatic rings. The summed E-state index contributed by atoms with van der Waals surface area (Å²) in [5.74, 6) is -0.456. The van der Waals surface area contributed by atoms with Gasteiger partial charge in [-0.3, -0.25) is 13.9 Å². The molecule has 9 nitrogen and oxygen atoms in total. The van der Waals surface area contributed by atoms with Gasteiger partial charge in [-0.15, -0.1) is 0 Å². The van der Waals surface area contributed by atoms with E-state index in [1.54, 1.807) is 29.2 Å². The van der Waals surface area contributed by atoms with Crippen LogP contribution >= 0.6 is 0 Å². The summed E-state index contributed by atoms with van der Waals surface area (Å²) in [6.45, 7) is 5.48. The smallest absolute Gasteiger partial charge is 0.254 e. The van der Waals surface area contributed by atoms with Gasteiger partial charge in [-0.05, 0) is 63.2 Å². The topological polar surface area (TPSA) is 99.3 Å². The molecule has 0 spiro atoms. The summed E-state index contributed by atoms with van der Waals surface area (Å²) in [6, 6.07) is 6.34. The summed E-state index contributed by atoms with van der Waals surface area (Å²) >= 11 is 0. The SMILES string of the molecule is CS(=O)(=O)N(CC(=O)NCCCN1CCCCCC1)c1ccc(C(=O)N2CCOCC2)cc1. The van der Waals surface area contributed by atoms with Crippen LogP contribution in [0, 0.1) is 0 Å². The van der Waals surface area contributed by atoms with Crippen LogP contribution in [0.3, 0.4) is 0 Å².